The lowest BCUT2D eigenvalue weighted by atomic mass is 9.89. The number of nitriles is 1. The zero-order valence-corrected chi connectivity index (χ0v) is 24.9. The minimum absolute atomic E-state index is 0. The van der Waals surface area contributed by atoms with Gasteiger partial charge in [-0.3, -0.25) is 4.90 Å². The van der Waals surface area contributed by atoms with Gasteiger partial charge in [-0.15, -0.1) is 5.10 Å². The SMILES string of the molecule is COC(=O)C1=C(C)N(c2cccc(C(F)(F)F)c2)c2n[nH]c(=O)n2[C@@H]1c1ccc(C#N)cc1CC[n+]1ccccc1C.[Br-]. The number of carbonyl (C=O) groups is 1. The molecule has 0 fully saturated rings. The molecule has 0 unspecified atom stereocenters. The molecule has 0 saturated carbocycles. The van der Waals surface area contributed by atoms with Crippen LogP contribution in [0.3, 0.4) is 0 Å². The molecule has 9 nitrogen and oxygen atoms in total. The molecule has 0 saturated heterocycles. The van der Waals surface area contributed by atoms with Crippen molar-refractivity contribution in [2.24, 2.45) is 0 Å². The zero-order valence-electron chi connectivity index (χ0n) is 23.3. The van der Waals surface area contributed by atoms with Gasteiger partial charge in [0.2, 0.25) is 5.95 Å². The van der Waals surface area contributed by atoms with Crippen molar-refractivity contribution in [3.8, 4) is 6.07 Å². The summed E-state index contributed by atoms with van der Waals surface area (Å²) in [4.78, 5) is 28.0. The Labute approximate surface area is 255 Å². The number of carbonyl (C=O) groups excluding carboxylic acids is 1. The van der Waals surface area contributed by atoms with Gasteiger partial charge in [-0.2, -0.15) is 18.4 Å². The lowest BCUT2D eigenvalue weighted by Crippen LogP contribution is -3.00. The van der Waals surface area contributed by atoms with E-state index in [1.807, 2.05) is 35.9 Å². The number of pyridine rings is 1. The van der Waals surface area contributed by atoms with Crippen LogP contribution in [-0.4, -0.2) is 27.8 Å². The second kappa shape index (κ2) is 12.3. The predicted octanol–water partition coefficient (Wildman–Crippen LogP) is 1.49. The van der Waals surface area contributed by atoms with Gasteiger partial charge in [0.15, 0.2) is 18.4 Å². The number of fused-ring (bicyclic) bond motifs is 1. The number of anilines is 2. The van der Waals surface area contributed by atoms with Crippen molar-refractivity contribution in [3.63, 3.8) is 0 Å². The Kier molecular flexibility index (Phi) is 8.91. The number of hydrogen-bond acceptors (Lipinski definition) is 6. The summed E-state index contributed by atoms with van der Waals surface area (Å²) >= 11 is 0. The first-order valence-electron chi connectivity index (χ1n) is 13.0. The third-order valence-corrected chi connectivity index (χ3v) is 7.34. The zero-order chi connectivity index (χ0) is 30.2. The number of esters is 1. The molecule has 0 radical (unpaired) electrons. The van der Waals surface area contributed by atoms with Crippen LogP contribution in [0, 0.1) is 18.3 Å². The number of aromatic nitrogens is 4. The van der Waals surface area contributed by atoms with Gasteiger partial charge in [0.05, 0.1) is 29.9 Å². The third-order valence-electron chi connectivity index (χ3n) is 7.34. The molecular formula is C30H26BrF3N6O3. The number of allylic oxidation sites excluding steroid dienone is 1. The highest BCUT2D eigenvalue weighted by Gasteiger charge is 2.41. The van der Waals surface area contributed by atoms with E-state index in [4.69, 9.17) is 4.74 Å². The molecule has 2 aromatic heterocycles. The summed E-state index contributed by atoms with van der Waals surface area (Å²) < 4.78 is 49.2. The van der Waals surface area contributed by atoms with Crippen molar-refractivity contribution in [1.82, 2.24) is 14.8 Å². The highest BCUT2D eigenvalue weighted by atomic mass is 79.9. The maximum atomic E-state index is 13.6. The first kappa shape index (κ1) is 31.2. The molecule has 0 aliphatic carbocycles. The largest absolute Gasteiger partial charge is 1.00 e. The Morgan fingerprint density at radius 2 is 1.91 bits per heavy atom. The average molecular weight is 655 g/mol. The van der Waals surface area contributed by atoms with Crippen LogP contribution in [0.1, 0.15) is 40.9 Å². The normalized spacial score (nSPS) is 14.5. The molecule has 0 spiro atoms. The Bertz CT molecular complexity index is 1820. The number of ether oxygens (including phenoxy) is 1. The topological polar surface area (TPSA) is 108 Å². The Balaban J connectivity index is 0.00000423. The number of rotatable bonds is 6. The van der Waals surface area contributed by atoms with Crippen molar-refractivity contribution in [3.05, 3.63) is 117 Å². The molecule has 43 heavy (non-hydrogen) atoms. The lowest BCUT2D eigenvalue weighted by molar-refractivity contribution is -0.702. The average Bonchev–Trinajstić information content (AvgIpc) is 3.35. The van der Waals surface area contributed by atoms with Crippen LogP contribution in [0.4, 0.5) is 24.8 Å². The van der Waals surface area contributed by atoms with Gasteiger partial charge in [-0.25, -0.2) is 23.8 Å². The van der Waals surface area contributed by atoms with E-state index in [2.05, 4.69) is 16.3 Å². The van der Waals surface area contributed by atoms with E-state index in [1.165, 1.54) is 28.7 Å². The molecule has 5 rings (SSSR count). The van der Waals surface area contributed by atoms with Gasteiger partial charge < -0.3 is 21.7 Å². The minimum atomic E-state index is -4.62. The molecule has 2 aromatic carbocycles. The molecule has 3 heterocycles. The summed E-state index contributed by atoms with van der Waals surface area (Å²) in [6.45, 7) is 4.07. The van der Waals surface area contributed by atoms with Crippen LogP contribution >= 0.6 is 0 Å². The summed E-state index contributed by atoms with van der Waals surface area (Å²) in [7, 11) is 1.19. The van der Waals surface area contributed by atoms with E-state index < -0.39 is 29.4 Å². The van der Waals surface area contributed by atoms with Crippen molar-refractivity contribution in [1.29, 1.82) is 5.26 Å². The predicted molar refractivity (Wildman–Crippen MR) is 146 cm³/mol. The highest BCUT2D eigenvalue weighted by molar-refractivity contribution is 5.93. The number of methoxy groups -OCH3 is 1. The second-order valence-electron chi connectivity index (χ2n) is 9.79. The van der Waals surface area contributed by atoms with Crippen molar-refractivity contribution >= 4 is 17.6 Å². The first-order valence-corrected chi connectivity index (χ1v) is 13.0. The van der Waals surface area contributed by atoms with Crippen LogP contribution in [0.2, 0.25) is 0 Å². The number of aromatic amines is 1. The molecule has 13 heteroatoms. The number of hydrogen-bond donors (Lipinski definition) is 1. The number of H-pyrrole nitrogens is 1. The van der Waals surface area contributed by atoms with Crippen LogP contribution in [-0.2, 0) is 28.7 Å². The summed E-state index contributed by atoms with van der Waals surface area (Å²) in [6, 6.07) is 16.4. The maximum Gasteiger partial charge on any atom is 0.416 e. The van der Waals surface area contributed by atoms with Crippen molar-refractivity contribution in [2.45, 2.75) is 39.0 Å². The standard InChI is InChI=1S/C30H25F3N6O3.BrH/c1-18-7-4-5-13-37(18)14-12-21-15-20(17-34)10-11-24(21)26-25(27(40)42-3)19(2)38(28-35-36-29(41)39(26)28)23-9-6-8-22(16-23)30(31,32)33;/h4-11,13,15-16,26H,12,14H2,1-3H3;1H/t26-;/m1./s1. The van der Waals surface area contributed by atoms with Crippen molar-refractivity contribution in [2.75, 3.05) is 12.0 Å². The number of nitrogens with zero attached hydrogens (tertiary/aromatic N) is 5. The van der Waals surface area contributed by atoms with Crippen molar-refractivity contribution < 1.29 is 44.3 Å². The molecule has 1 N–H and O–H groups in total. The molecule has 1 aliphatic rings. The summed E-state index contributed by atoms with van der Waals surface area (Å²) in [6.07, 6.45) is -2.24. The molecule has 0 bridgehead atoms. The van der Waals surface area contributed by atoms with Gasteiger partial charge in [0.1, 0.15) is 6.04 Å². The smallest absolute Gasteiger partial charge is 0.416 e. The van der Waals surface area contributed by atoms with E-state index in [0.717, 1.165) is 17.8 Å². The Morgan fingerprint density at radius 3 is 2.58 bits per heavy atom. The fraction of sp³-hybridized carbons (Fsp3) is 0.233. The van der Waals surface area contributed by atoms with Crippen LogP contribution < -0.4 is 32.1 Å². The van der Waals surface area contributed by atoms with Gasteiger partial charge in [0, 0.05) is 36.9 Å². The van der Waals surface area contributed by atoms with Gasteiger partial charge in [-0.05, 0) is 48.4 Å². The Hall–Kier alpha value is -4.70. The summed E-state index contributed by atoms with van der Waals surface area (Å²) in [5, 5.41) is 16.2. The third kappa shape index (κ3) is 5.83. The van der Waals surface area contributed by atoms with Crippen LogP contribution in [0.25, 0.3) is 0 Å². The highest BCUT2D eigenvalue weighted by Crippen LogP contribution is 2.43. The van der Waals surface area contributed by atoms with E-state index in [0.29, 0.717) is 29.7 Å². The molecule has 222 valence electrons. The quantitative estimate of drug-likeness (QED) is 0.249. The summed E-state index contributed by atoms with van der Waals surface area (Å²) in [5.41, 5.74) is 1.42. The van der Waals surface area contributed by atoms with E-state index in [-0.39, 0.29) is 39.9 Å². The second-order valence-corrected chi connectivity index (χ2v) is 9.79. The van der Waals surface area contributed by atoms with Gasteiger partial charge in [0.25, 0.3) is 0 Å². The van der Waals surface area contributed by atoms with Crippen LogP contribution in [0.15, 0.2) is 82.9 Å². The van der Waals surface area contributed by atoms with E-state index >= 15 is 0 Å². The maximum absolute atomic E-state index is 13.6. The minimum Gasteiger partial charge on any atom is -1.00 e. The number of halogens is 4. The van der Waals surface area contributed by atoms with E-state index in [1.54, 1.807) is 25.1 Å². The van der Waals surface area contributed by atoms with Crippen LogP contribution in [0.5, 0.6) is 0 Å². The van der Waals surface area contributed by atoms with E-state index in [9.17, 15) is 28.0 Å². The number of benzene rings is 2. The molecule has 4 aromatic rings. The monoisotopic (exact) mass is 654 g/mol. The molecular weight excluding hydrogens is 629 g/mol. The van der Waals surface area contributed by atoms with Gasteiger partial charge in [-0.1, -0.05) is 18.2 Å². The fourth-order valence-electron chi connectivity index (χ4n) is 5.29. The molecule has 1 atom stereocenters. The Morgan fingerprint density at radius 1 is 1.14 bits per heavy atom. The van der Waals surface area contributed by atoms with Gasteiger partial charge >= 0.3 is 17.8 Å². The number of aryl methyl sites for hydroxylation is 3. The first-order chi connectivity index (χ1) is 20.0. The summed E-state index contributed by atoms with van der Waals surface area (Å²) in [5.74, 6) is -0.769. The lowest BCUT2D eigenvalue weighted by Gasteiger charge is -2.36. The fourth-order valence-corrected chi connectivity index (χ4v) is 5.29. The number of nitrogens with one attached hydrogen (secondary N) is 1. The number of alkyl halides is 3. The molecule has 1 aliphatic heterocycles. The molecule has 0 amide bonds.